The molecule has 0 radical (unpaired) electrons. The van der Waals surface area contributed by atoms with Crippen LogP contribution in [0, 0.1) is 5.82 Å². The molecular formula is C10H12Cl2F3NO. The molecule has 1 atom stereocenters. The van der Waals surface area contributed by atoms with Gasteiger partial charge in [0.05, 0.1) is 17.7 Å². The van der Waals surface area contributed by atoms with Crippen molar-refractivity contribution in [1.82, 2.24) is 0 Å². The quantitative estimate of drug-likeness (QED) is 0.920. The van der Waals surface area contributed by atoms with Crippen LogP contribution in [0.2, 0.25) is 5.02 Å². The fourth-order valence-electron chi connectivity index (χ4n) is 1.20. The van der Waals surface area contributed by atoms with Crippen molar-refractivity contribution in [1.29, 1.82) is 0 Å². The fraction of sp³-hybridized carbons (Fsp3) is 0.400. The number of benzene rings is 1. The molecule has 0 aliphatic carbocycles. The van der Waals surface area contributed by atoms with Crippen LogP contribution in [-0.4, -0.2) is 13.0 Å². The highest BCUT2D eigenvalue weighted by molar-refractivity contribution is 6.32. The van der Waals surface area contributed by atoms with Crippen molar-refractivity contribution in [3.05, 3.63) is 28.5 Å². The van der Waals surface area contributed by atoms with Gasteiger partial charge in [0.15, 0.2) is 11.6 Å². The van der Waals surface area contributed by atoms with Crippen LogP contribution in [0.25, 0.3) is 0 Å². The molecule has 98 valence electrons. The Kier molecular flexibility index (Phi) is 6.67. The monoisotopic (exact) mass is 289 g/mol. The van der Waals surface area contributed by atoms with E-state index in [9.17, 15) is 13.2 Å². The first-order valence-corrected chi connectivity index (χ1v) is 5.00. The van der Waals surface area contributed by atoms with Gasteiger partial charge in [0.2, 0.25) is 0 Å². The molecule has 0 bridgehead atoms. The second-order valence-electron chi connectivity index (χ2n) is 3.11. The molecule has 0 saturated heterocycles. The van der Waals surface area contributed by atoms with Gasteiger partial charge < -0.3 is 10.5 Å². The van der Waals surface area contributed by atoms with E-state index >= 15 is 0 Å². The number of halogens is 5. The molecule has 17 heavy (non-hydrogen) atoms. The molecule has 0 aliphatic heterocycles. The summed E-state index contributed by atoms with van der Waals surface area (Å²) in [5.41, 5.74) is 5.13. The van der Waals surface area contributed by atoms with Crippen molar-refractivity contribution in [2.75, 3.05) is 6.61 Å². The molecular weight excluding hydrogens is 278 g/mol. The topological polar surface area (TPSA) is 35.2 Å². The normalized spacial score (nSPS) is 12.2. The lowest BCUT2D eigenvalue weighted by Gasteiger charge is -2.13. The number of alkyl halides is 2. The van der Waals surface area contributed by atoms with Crippen LogP contribution < -0.4 is 10.5 Å². The first-order chi connectivity index (χ1) is 7.47. The van der Waals surface area contributed by atoms with E-state index in [4.69, 9.17) is 22.1 Å². The standard InChI is InChI=1S/C10H11ClF3NO.ClH/c1-2-16-9-6(11)3-5(4-7(9)12)8(15)10(13)14;/h3-4,8,10H,2,15H2,1H3;1H/t8-;/m0./s1. The summed E-state index contributed by atoms with van der Waals surface area (Å²) in [4.78, 5) is 0. The maximum absolute atomic E-state index is 13.4. The molecule has 0 amide bonds. The van der Waals surface area contributed by atoms with Crippen LogP contribution in [0.3, 0.4) is 0 Å². The lowest BCUT2D eigenvalue weighted by atomic mass is 10.1. The van der Waals surface area contributed by atoms with E-state index in [1.807, 2.05) is 0 Å². The van der Waals surface area contributed by atoms with Gasteiger partial charge in [-0.2, -0.15) is 0 Å². The summed E-state index contributed by atoms with van der Waals surface area (Å²) in [6.07, 6.45) is -2.77. The average molecular weight is 290 g/mol. The lowest BCUT2D eigenvalue weighted by Crippen LogP contribution is -2.19. The number of hydrogen-bond donors (Lipinski definition) is 1. The molecule has 1 aromatic carbocycles. The maximum Gasteiger partial charge on any atom is 0.257 e. The summed E-state index contributed by atoms with van der Waals surface area (Å²) in [7, 11) is 0. The largest absolute Gasteiger partial charge is 0.489 e. The zero-order valence-corrected chi connectivity index (χ0v) is 10.5. The van der Waals surface area contributed by atoms with E-state index in [-0.39, 0.29) is 35.3 Å². The fourth-order valence-corrected chi connectivity index (χ4v) is 1.47. The van der Waals surface area contributed by atoms with Gasteiger partial charge in [-0.25, -0.2) is 13.2 Å². The Morgan fingerprint density at radius 2 is 2.00 bits per heavy atom. The average Bonchev–Trinajstić information content (AvgIpc) is 2.21. The molecule has 0 saturated carbocycles. The zero-order valence-electron chi connectivity index (χ0n) is 8.92. The lowest BCUT2D eigenvalue weighted by molar-refractivity contribution is 0.116. The Balaban J connectivity index is 0.00000256. The summed E-state index contributed by atoms with van der Waals surface area (Å²) < 4.78 is 42.9. The minimum atomic E-state index is -2.77. The van der Waals surface area contributed by atoms with Gasteiger partial charge in [0, 0.05) is 0 Å². The second-order valence-corrected chi connectivity index (χ2v) is 3.51. The smallest absolute Gasteiger partial charge is 0.257 e. The SMILES string of the molecule is CCOc1c(F)cc([C@H](N)C(F)F)cc1Cl.Cl. The number of rotatable bonds is 4. The molecule has 1 rings (SSSR count). The van der Waals surface area contributed by atoms with E-state index in [2.05, 4.69) is 0 Å². The number of hydrogen-bond acceptors (Lipinski definition) is 2. The van der Waals surface area contributed by atoms with Crippen molar-refractivity contribution in [2.45, 2.75) is 19.4 Å². The Bertz CT molecular complexity index is 354. The minimum absolute atomic E-state index is 0. The number of nitrogens with two attached hydrogens (primary N) is 1. The molecule has 7 heteroatoms. The summed E-state index contributed by atoms with van der Waals surface area (Å²) in [5.74, 6) is -0.935. The Labute approximate surface area is 108 Å². The second kappa shape index (κ2) is 6.93. The van der Waals surface area contributed by atoms with Crippen LogP contribution in [-0.2, 0) is 0 Å². The van der Waals surface area contributed by atoms with Crippen molar-refractivity contribution < 1.29 is 17.9 Å². The van der Waals surface area contributed by atoms with E-state index in [0.717, 1.165) is 6.07 Å². The van der Waals surface area contributed by atoms with Crippen molar-refractivity contribution in [3.63, 3.8) is 0 Å². The van der Waals surface area contributed by atoms with E-state index in [1.54, 1.807) is 6.92 Å². The van der Waals surface area contributed by atoms with Crippen molar-refractivity contribution in [3.8, 4) is 5.75 Å². The molecule has 0 heterocycles. The Morgan fingerprint density at radius 1 is 1.41 bits per heavy atom. The van der Waals surface area contributed by atoms with E-state index < -0.39 is 18.3 Å². The molecule has 0 fully saturated rings. The first-order valence-electron chi connectivity index (χ1n) is 4.62. The zero-order chi connectivity index (χ0) is 12.3. The summed E-state index contributed by atoms with van der Waals surface area (Å²) in [5, 5.41) is -0.0621. The van der Waals surface area contributed by atoms with Crippen molar-refractivity contribution >= 4 is 24.0 Å². The molecule has 2 N–H and O–H groups in total. The summed E-state index contributed by atoms with van der Waals surface area (Å²) in [6, 6.07) is 0.544. The van der Waals surface area contributed by atoms with E-state index in [0.29, 0.717) is 0 Å². The van der Waals surface area contributed by atoms with Crippen LogP contribution in [0.5, 0.6) is 5.75 Å². The first kappa shape index (κ1) is 16.4. The van der Waals surface area contributed by atoms with Gasteiger partial charge in [-0.1, -0.05) is 11.6 Å². The third-order valence-electron chi connectivity index (χ3n) is 1.97. The molecule has 2 nitrogen and oxygen atoms in total. The predicted molar refractivity (Wildman–Crippen MR) is 62.8 cm³/mol. The molecule has 0 aliphatic rings. The highest BCUT2D eigenvalue weighted by atomic mass is 35.5. The van der Waals surface area contributed by atoms with Crippen LogP contribution >= 0.6 is 24.0 Å². The van der Waals surface area contributed by atoms with Gasteiger partial charge in [-0.15, -0.1) is 12.4 Å². The van der Waals surface area contributed by atoms with Gasteiger partial charge >= 0.3 is 0 Å². The molecule has 0 spiro atoms. The molecule has 0 aromatic heterocycles. The van der Waals surface area contributed by atoms with Gasteiger partial charge in [0.25, 0.3) is 6.43 Å². The minimum Gasteiger partial charge on any atom is -0.489 e. The molecule has 1 aromatic rings. The highest BCUT2D eigenvalue weighted by Crippen LogP contribution is 2.32. The summed E-state index contributed by atoms with van der Waals surface area (Å²) in [6.45, 7) is 1.89. The Hall–Kier alpha value is -0.650. The van der Waals surface area contributed by atoms with Gasteiger partial charge in [-0.05, 0) is 24.6 Å². The van der Waals surface area contributed by atoms with Gasteiger partial charge in [-0.3, -0.25) is 0 Å². The van der Waals surface area contributed by atoms with Crippen molar-refractivity contribution in [2.24, 2.45) is 5.73 Å². The van der Waals surface area contributed by atoms with Crippen LogP contribution in [0.15, 0.2) is 12.1 Å². The summed E-state index contributed by atoms with van der Waals surface area (Å²) >= 11 is 5.70. The Morgan fingerprint density at radius 3 is 2.41 bits per heavy atom. The van der Waals surface area contributed by atoms with Crippen LogP contribution in [0.4, 0.5) is 13.2 Å². The van der Waals surface area contributed by atoms with Crippen LogP contribution in [0.1, 0.15) is 18.5 Å². The number of ether oxygens (including phenoxy) is 1. The predicted octanol–water partition coefficient (Wildman–Crippen LogP) is 3.56. The third kappa shape index (κ3) is 3.94. The molecule has 0 unspecified atom stereocenters. The van der Waals surface area contributed by atoms with E-state index in [1.165, 1.54) is 6.07 Å². The maximum atomic E-state index is 13.4. The third-order valence-corrected chi connectivity index (χ3v) is 2.25. The van der Waals surface area contributed by atoms with Gasteiger partial charge in [0.1, 0.15) is 0 Å². The highest BCUT2D eigenvalue weighted by Gasteiger charge is 2.21.